The Balaban J connectivity index is 1.95. The topological polar surface area (TPSA) is 37.8 Å². The highest BCUT2D eigenvalue weighted by Gasteiger charge is 2.06. The SMILES string of the molecule is CCCNCCc1nnc(-c2ccc(CC)cc2)s1. The number of benzene rings is 1. The highest BCUT2D eigenvalue weighted by atomic mass is 32.1. The van der Waals surface area contributed by atoms with E-state index >= 15 is 0 Å². The van der Waals surface area contributed by atoms with Crippen molar-refractivity contribution in [3.8, 4) is 10.6 Å². The molecule has 2 rings (SSSR count). The zero-order valence-electron chi connectivity index (χ0n) is 11.6. The van der Waals surface area contributed by atoms with Crippen LogP contribution in [0, 0.1) is 0 Å². The van der Waals surface area contributed by atoms with Gasteiger partial charge in [-0.05, 0) is 24.9 Å². The van der Waals surface area contributed by atoms with Gasteiger partial charge in [-0.25, -0.2) is 0 Å². The van der Waals surface area contributed by atoms with Crippen LogP contribution in [-0.4, -0.2) is 23.3 Å². The van der Waals surface area contributed by atoms with Crippen LogP contribution in [0.1, 0.15) is 30.8 Å². The second-order valence-corrected chi connectivity index (χ2v) is 5.61. The van der Waals surface area contributed by atoms with Crippen LogP contribution < -0.4 is 5.32 Å². The first-order chi connectivity index (χ1) is 9.33. The molecule has 0 fully saturated rings. The molecule has 2 aromatic rings. The van der Waals surface area contributed by atoms with Gasteiger partial charge in [-0.3, -0.25) is 0 Å². The van der Waals surface area contributed by atoms with E-state index in [-0.39, 0.29) is 0 Å². The molecule has 1 aromatic carbocycles. The van der Waals surface area contributed by atoms with E-state index < -0.39 is 0 Å². The molecule has 0 aliphatic rings. The van der Waals surface area contributed by atoms with Gasteiger partial charge in [0.2, 0.25) is 0 Å². The molecule has 19 heavy (non-hydrogen) atoms. The van der Waals surface area contributed by atoms with Crippen LogP contribution in [0.5, 0.6) is 0 Å². The summed E-state index contributed by atoms with van der Waals surface area (Å²) >= 11 is 1.70. The first-order valence-electron chi connectivity index (χ1n) is 6.96. The summed E-state index contributed by atoms with van der Waals surface area (Å²) in [4.78, 5) is 0. The molecule has 0 saturated carbocycles. The maximum atomic E-state index is 4.28. The number of aromatic nitrogens is 2. The van der Waals surface area contributed by atoms with Crippen molar-refractivity contribution in [1.29, 1.82) is 0 Å². The molecule has 0 aliphatic heterocycles. The summed E-state index contributed by atoms with van der Waals surface area (Å²) < 4.78 is 0. The van der Waals surface area contributed by atoms with E-state index in [1.54, 1.807) is 11.3 Å². The van der Waals surface area contributed by atoms with Crippen molar-refractivity contribution in [2.45, 2.75) is 33.1 Å². The fourth-order valence-electron chi connectivity index (χ4n) is 1.85. The third-order valence-corrected chi connectivity index (χ3v) is 4.05. The maximum absolute atomic E-state index is 4.28. The van der Waals surface area contributed by atoms with Crippen molar-refractivity contribution < 1.29 is 0 Å². The Hall–Kier alpha value is -1.26. The van der Waals surface area contributed by atoms with E-state index in [0.717, 1.165) is 35.9 Å². The first-order valence-corrected chi connectivity index (χ1v) is 7.77. The Kier molecular flexibility index (Phi) is 5.48. The van der Waals surface area contributed by atoms with Crippen molar-refractivity contribution >= 4 is 11.3 Å². The van der Waals surface area contributed by atoms with E-state index in [2.05, 4.69) is 53.6 Å². The number of nitrogens with zero attached hydrogens (tertiary/aromatic N) is 2. The van der Waals surface area contributed by atoms with E-state index in [9.17, 15) is 0 Å². The monoisotopic (exact) mass is 275 g/mol. The Morgan fingerprint density at radius 2 is 1.84 bits per heavy atom. The van der Waals surface area contributed by atoms with Gasteiger partial charge in [0.15, 0.2) is 0 Å². The predicted octanol–water partition coefficient (Wildman–Crippen LogP) is 3.31. The smallest absolute Gasteiger partial charge is 0.147 e. The largest absolute Gasteiger partial charge is 0.316 e. The summed E-state index contributed by atoms with van der Waals surface area (Å²) in [6.07, 6.45) is 3.21. The minimum absolute atomic E-state index is 0.963. The van der Waals surface area contributed by atoms with Gasteiger partial charge in [-0.2, -0.15) is 0 Å². The Morgan fingerprint density at radius 1 is 1.05 bits per heavy atom. The van der Waals surface area contributed by atoms with Crippen molar-refractivity contribution in [2.24, 2.45) is 0 Å². The molecule has 0 radical (unpaired) electrons. The standard InChI is InChI=1S/C15H21N3S/c1-3-10-16-11-9-14-17-18-15(19-14)13-7-5-12(4-2)6-8-13/h5-8,16H,3-4,9-11H2,1-2H3. The second-order valence-electron chi connectivity index (χ2n) is 4.55. The number of hydrogen-bond acceptors (Lipinski definition) is 4. The van der Waals surface area contributed by atoms with Crippen LogP contribution in [0.3, 0.4) is 0 Å². The molecule has 0 bridgehead atoms. The van der Waals surface area contributed by atoms with Gasteiger partial charge >= 0.3 is 0 Å². The molecule has 1 heterocycles. The van der Waals surface area contributed by atoms with Gasteiger partial charge in [-0.15, -0.1) is 10.2 Å². The van der Waals surface area contributed by atoms with Gasteiger partial charge in [0.25, 0.3) is 0 Å². The van der Waals surface area contributed by atoms with E-state index in [4.69, 9.17) is 0 Å². The average Bonchev–Trinajstić information content (AvgIpc) is 2.92. The molecule has 1 aromatic heterocycles. The van der Waals surface area contributed by atoms with Gasteiger partial charge in [0.05, 0.1) is 0 Å². The average molecular weight is 275 g/mol. The van der Waals surface area contributed by atoms with E-state index in [0.29, 0.717) is 0 Å². The molecule has 0 saturated heterocycles. The molecule has 102 valence electrons. The molecule has 0 amide bonds. The molecule has 0 spiro atoms. The Bertz CT molecular complexity index is 490. The summed E-state index contributed by atoms with van der Waals surface area (Å²) in [6.45, 7) is 6.40. The van der Waals surface area contributed by atoms with Crippen molar-refractivity contribution in [3.05, 3.63) is 34.8 Å². The highest BCUT2D eigenvalue weighted by molar-refractivity contribution is 7.14. The maximum Gasteiger partial charge on any atom is 0.147 e. The molecular weight excluding hydrogens is 254 g/mol. The fourth-order valence-corrected chi connectivity index (χ4v) is 2.70. The van der Waals surface area contributed by atoms with Crippen LogP contribution in [0.4, 0.5) is 0 Å². The van der Waals surface area contributed by atoms with Crippen LogP contribution in [-0.2, 0) is 12.8 Å². The fraction of sp³-hybridized carbons (Fsp3) is 0.467. The molecule has 1 N–H and O–H groups in total. The van der Waals surface area contributed by atoms with Crippen molar-refractivity contribution in [1.82, 2.24) is 15.5 Å². The lowest BCUT2D eigenvalue weighted by atomic mass is 10.1. The van der Waals surface area contributed by atoms with Crippen molar-refractivity contribution in [3.63, 3.8) is 0 Å². The zero-order chi connectivity index (χ0) is 13.5. The second kappa shape index (κ2) is 7.36. The lowest BCUT2D eigenvalue weighted by molar-refractivity contribution is 0.668. The summed E-state index contributed by atoms with van der Waals surface area (Å²) in [5, 5.41) is 14.1. The van der Waals surface area contributed by atoms with Crippen LogP contribution in [0.15, 0.2) is 24.3 Å². The molecule has 3 nitrogen and oxygen atoms in total. The van der Waals surface area contributed by atoms with Crippen molar-refractivity contribution in [2.75, 3.05) is 13.1 Å². The number of nitrogens with one attached hydrogen (secondary N) is 1. The number of rotatable bonds is 7. The summed E-state index contributed by atoms with van der Waals surface area (Å²) in [7, 11) is 0. The highest BCUT2D eigenvalue weighted by Crippen LogP contribution is 2.23. The Labute approximate surface area is 119 Å². The Morgan fingerprint density at radius 3 is 2.53 bits per heavy atom. The normalized spacial score (nSPS) is 10.8. The van der Waals surface area contributed by atoms with Crippen LogP contribution in [0.2, 0.25) is 0 Å². The number of aryl methyl sites for hydroxylation is 1. The quantitative estimate of drug-likeness (QED) is 0.788. The van der Waals surface area contributed by atoms with Gasteiger partial charge in [-0.1, -0.05) is 49.4 Å². The molecule has 4 heteroatoms. The third kappa shape index (κ3) is 4.11. The third-order valence-electron chi connectivity index (χ3n) is 3.02. The lowest BCUT2D eigenvalue weighted by Crippen LogP contribution is -2.17. The van der Waals surface area contributed by atoms with Gasteiger partial charge in [0.1, 0.15) is 10.0 Å². The van der Waals surface area contributed by atoms with Crippen LogP contribution >= 0.6 is 11.3 Å². The first kappa shape index (κ1) is 14.2. The predicted molar refractivity (Wildman–Crippen MR) is 81.6 cm³/mol. The van der Waals surface area contributed by atoms with Crippen LogP contribution in [0.25, 0.3) is 10.6 Å². The molecule has 0 aliphatic carbocycles. The molecule has 0 atom stereocenters. The van der Waals surface area contributed by atoms with Gasteiger partial charge in [0, 0.05) is 18.5 Å². The minimum atomic E-state index is 0.963. The zero-order valence-corrected chi connectivity index (χ0v) is 12.5. The summed E-state index contributed by atoms with van der Waals surface area (Å²) in [6, 6.07) is 8.61. The molecular formula is C15H21N3S. The lowest BCUT2D eigenvalue weighted by Gasteiger charge is -1.99. The van der Waals surface area contributed by atoms with Gasteiger partial charge < -0.3 is 5.32 Å². The summed E-state index contributed by atoms with van der Waals surface area (Å²) in [5.41, 5.74) is 2.53. The van der Waals surface area contributed by atoms with E-state index in [1.807, 2.05) is 0 Å². The molecule has 0 unspecified atom stereocenters. The minimum Gasteiger partial charge on any atom is -0.316 e. The summed E-state index contributed by atoms with van der Waals surface area (Å²) in [5.74, 6) is 0. The number of hydrogen-bond donors (Lipinski definition) is 1. The van der Waals surface area contributed by atoms with E-state index in [1.165, 1.54) is 17.5 Å².